The van der Waals surface area contributed by atoms with Gasteiger partial charge in [0.2, 0.25) is 11.8 Å². The van der Waals surface area contributed by atoms with E-state index >= 15 is 0 Å². The molecule has 0 bridgehead atoms. The molecule has 3 aromatic carbocycles. The van der Waals surface area contributed by atoms with Crippen molar-refractivity contribution in [2.45, 2.75) is 45.7 Å². The second kappa shape index (κ2) is 13.0. The van der Waals surface area contributed by atoms with Gasteiger partial charge in [-0.25, -0.2) is 0 Å². The Labute approximate surface area is 207 Å². The number of aryl methyl sites for hydroxylation is 1. The number of nitrogens with one attached hydrogen (secondary N) is 1. The molecule has 0 fully saturated rings. The van der Waals surface area contributed by atoms with E-state index in [1.54, 1.807) is 4.90 Å². The summed E-state index contributed by atoms with van der Waals surface area (Å²) in [5.74, 6) is 0.106. The van der Waals surface area contributed by atoms with Gasteiger partial charge in [0.05, 0.1) is 0 Å². The van der Waals surface area contributed by atoms with Crippen LogP contribution in [0.4, 0.5) is 0 Å². The quantitative estimate of drug-likeness (QED) is 0.386. The molecule has 2 amide bonds. The first-order valence-corrected chi connectivity index (χ1v) is 12.2. The first-order chi connectivity index (χ1) is 16.4. The van der Waals surface area contributed by atoms with Crippen molar-refractivity contribution < 1.29 is 9.59 Å². The van der Waals surface area contributed by atoms with Crippen LogP contribution in [-0.2, 0) is 29.0 Å². The van der Waals surface area contributed by atoms with E-state index in [4.69, 9.17) is 11.6 Å². The second-order valence-corrected chi connectivity index (χ2v) is 9.35. The number of carbonyl (C=O) groups is 2. The predicted octanol–water partition coefficient (Wildman–Crippen LogP) is 5.68. The summed E-state index contributed by atoms with van der Waals surface area (Å²) in [7, 11) is 0. The Hall–Kier alpha value is -3.11. The van der Waals surface area contributed by atoms with Crippen LogP contribution in [0.5, 0.6) is 0 Å². The number of carbonyl (C=O) groups excluding carboxylic acids is 2. The van der Waals surface area contributed by atoms with Gasteiger partial charge in [-0.3, -0.25) is 9.59 Å². The largest absolute Gasteiger partial charge is 0.354 e. The maximum atomic E-state index is 13.6. The Balaban J connectivity index is 1.90. The number of rotatable bonds is 11. The summed E-state index contributed by atoms with van der Waals surface area (Å²) in [6, 6.07) is 26.6. The lowest BCUT2D eigenvalue weighted by molar-refractivity contribution is -0.141. The average Bonchev–Trinajstić information content (AvgIpc) is 2.85. The highest BCUT2D eigenvalue weighted by Gasteiger charge is 2.30. The molecule has 0 saturated carbocycles. The van der Waals surface area contributed by atoms with E-state index in [1.165, 1.54) is 0 Å². The van der Waals surface area contributed by atoms with Crippen molar-refractivity contribution in [3.63, 3.8) is 0 Å². The molecule has 3 rings (SSSR count). The van der Waals surface area contributed by atoms with Crippen molar-refractivity contribution in [3.8, 4) is 0 Å². The summed E-state index contributed by atoms with van der Waals surface area (Å²) in [6.45, 7) is 4.94. The van der Waals surface area contributed by atoms with Gasteiger partial charge in [0.1, 0.15) is 6.04 Å². The minimum Gasteiger partial charge on any atom is -0.354 e. The molecule has 0 aromatic heterocycles. The summed E-state index contributed by atoms with van der Waals surface area (Å²) < 4.78 is 0. The molecule has 0 aliphatic carbocycles. The highest BCUT2D eigenvalue weighted by Crippen LogP contribution is 2.21. The van der Waals surface area contributed by atoms with Crippen LogP contribution in [0.3, 0.4) is 0 Å². The average molecular weight is 477 g/mol. The summed E-state index contributed by atoms with van der Waals surface area (Å²) in [5.41, 5.74) is 2.93. The minimum absolute atomic E-state index is 0.0654. The van der Waals surface area contributed by atoms with Gasteiger partial charge < -0.3 is 10.2 Å². The van der Waals surface area contributed by atoms with Crippen molar-refractivity contribution in [1.82, 2.24) is 10.2 Å². The van der Waals surface area contributed by atoms with E-state index in [-0.39, 0.29) is 18.4 Å². The Bertz CT molecular complexity index is 1050. The van der Waals surface area contributed by atoms with E-state index in [1.807, 2.05) is 84.9 Å². The smallest absolute Gasteiger partial charge is 0.243 e. The maximum Gasteiger partial charge on any atom is 0.243 e. The van der Waals surface area contributed by atoms with Crippen molar-refractivity contribution >= 4 is 23.4 Å². The van der Waals surface area contributed by atoms with Crippen LogP contribution in [0.2, 0.25) is 5.02 Å². The van der Waals surface area contributed by atoms with Gasteiger partial charge in [0, 0.05) is 31.0 Å². The van der Waals surface area contributed by atoms with Crippen LogP contribution in [0, 0.1) is 5.92 Å². The molecule has 5 heteroatoms. The lowest BCUT2D eigenvalue weighted by Gasteiger charge is -2.32. The molecule has 1 unspecified atom stereocenters. The SMILES string of the molecule is CC(C)CNC(=O)C(Cc1ccccc1)N(Cc1ccccc1Cl)C(=O)CCc1ccccc1. The third-order valence-electron chi connectivity index (χ3n) is 5.72. The molecule has 0 heterocycles. The van der Waals surface area contributed by atoms with E-state index in [0.717, 1.165) is 16.7 Å². The molecule has 4 nitrogen and oxygen atoms in total. The lowest BCUT2D eigenvalue weighted by Crippen LogP contribution is -2.51. The van der Waals surface area contributed by atoms with Gasteiger partial charge in [-0.15, -0.1) is 0 Å². The molecular weight excluding hydrogens is 444 g/mol. The Morgan fingerprint density at radius 3 is 2.06 bits per heavy atom. The Morgan fingerprint density at radius 1 is 0.853 bits per heavy atom. The van der Waals surface area contributed by atoms with Crippen LogP contribution in [0.1, 0.15) is 37.0 Å². The number of hydrogen-bond donors (Lipinski definition) is 1. The van der Waals surface area contributed by atoms with E-state index < -0.39 is 6.04 Å². The van der Waals surface area contributed by atoms with Gasteiger partial charge in [-0.2, -0.15) is 0 Å². The number of halogens is 1. The molecule has 0 spiro atoms. The molecule has 3 aromatic rings. The molecule has 0 radical (unpaired) electrons. The van der Waals surface area contributed by atoms with Crippen LogP contribution in [0.25, 0.3) is 0 Å². The van der Waals surface area contributed by atoms with Crippen LogP contribution in [-0.4, -0.2) is 29.3 Å². The summed E-state index contributed by atoms with van der Waals surface area (Å²) in [6.07, 6.45) is 1.37. The number of hydrogen-bond acceptors (Lipinski definition) is 2. The molecular formula is C29H33ClN2O2. The first kappa shape index (κ1) is 25.5. The molecule has 178 valence electrons. The Morgan fingerprint density at radius 2 is 1.44 bits per heavy atom. The molecule has 1 N–H and O–H groups in total. The fraction of sp³-hybridized carbons (Fsp3) is 0.310. The fourth-order valence-electron chi connectivity index (χ4n) is 3.83. The minimum atomic E-state index is -0.638. The zero-order valence-corrected chi connectivity index (χ0v) is 20.7. The predicted molar refractivity (Wildman–Crippen MR) is 139 cm³/mol. The van der Waals surface area contributed by atoms with Gasteiger partial charge in [0.15, 0.2) is 0 Å². The standard InChI is InChI=1S/C29H33ClN2O2/c1-22(2)20-31-29(34)27(19-24-13-7-4-8-14-24)32(21-25-15-9-10-16-26(25)30)28(33)18-17-23-11-5-3-6-12-23/h3-16,22,27H,17-21H2,1-2H3,(H,31,34). The van der Waals surface area contributed by atoms with Crippen molar-refractivity contribution in [2.24, 2.45) is 5.92 Å². The third-order valence-corrected chi connectivity index (χ3v) is 6.09. The monoisotopic (exact) mass is 476 g/mol. The molecule has 0 aliphatic heterocycles. The number of amides is 2. The number of nitrogens with zero attached hydrogens (tertiary/aromatic N) is 1. The van der Waals surface area contributed by atoms with Gasteiger partial charge in [-0.05, 0) is 35.1 Å². The maximum absolute atomic E-state index is 13.6. The highest BCUT2D eigenvalue weighted by molar-refractivity contribution is 6.31. The summed E-state index contributed by atoms with van der Waals surface area (Å²) in [5, 5.41) is 3.63. The molecule has 0 aliphatic rings. The van der Waals surface area contributed by atoms with Gasteiger partial charge in [0.25, 0.3) is 0 Å². The van der Waals surface area contributed by atoms with E-state index in [2.05, 4.69) is 19.2 Å². The zero-order chi connectivity index (χ0) is 24.3. The van der Waals surface area contributed by atoms with Gasteiger partial charge in [-0.1, -0.05) is 104 Å². The fourth-order valence-corrected chi connectivity index (χ4v) is 4.02. The van der Waals surface area contributed by atoms with Crippen LogP contribution >= 0.6 is 11.6 Å². The zero-order valence-electron chi connectivity index (χ0n) is 19.9. The molecule has 34 heavy (non-hydrogen) atoms. The van der Waals surface area contributed by atoms with Crippen LogP contribution < -0.4 is 5.32 Å². The van der Waals surface area contributed by atoms with Gasteiger partial charge >= 0.3 is 0 Å². The first-order valence-electron chi connectivity index (χ1n) is 11.8. The van der Waals surface area contributed by atoms with Crippen molar-refractivity contribution in [1.29, 1.82) is 0 Å². The van der Waals surface area contributed by atoms with Crippen molar-refractivity contribution in [3.05, 3.63) is 107 Å². The van der Waals surface area contributed by atoms with Crippen molar-refractivity contribution in [2.75, 3.05) is 6.54 Å². The normalized spacial score (nSPS) is 11.8. The lowest BCUT2D eigenvalue weighted by atomic mass is 10.0. The topological polar surface area (TPSA) is 49.4 Å². The second-order valence-electron chi connectivity index (χ2n) is 8.94. The highest BCUT2D eigenvalue weighted by atomic mass is 35.5. The van der Waals surface area contributed by atoms with E-state index in [9.17, 15) is 9.59 Å². The molecule has 1 atom stereocenters. The summed E-state index contributed by atoms with van der Waals surface area (Å²) in [4.78, 5) is 28.7. The van der Waals surface area contributed by atoms with E-state index in [0.29, 0.717) is 36.7 Å². The summed E-state index contributed by atoms with van der Waals surface area (Å²) >= 11 is 6.45. The third kappa shape index (κ3) is 7.74. The van der Waals surface area contributed by atoms with Crippen LogP contribution in [0.15, 0.2) is 84.9 Å². The molecule has 0 saturated heterocycles. The number of benzene rings is 3. The Kier molecular flexibility index (Phi) is 9.72.